The summed E-state index contributed by atoms with van der Waals surface area (Å²) >= 11 is 0. The number of hydrogen-bond donors (Lipinski definition) is 0. The summed E-state index contributed by atoms with van der Waals surface area (Å²) in [5, 5.41) is 12.3. The van der Waals surface area contributed by atoms with Crippen LogP contribution in [0.1, 0.15) is 43.1 Å². The predicted octanol–water partition coefficient (Wildman–Crippen LogP) is 2.58. The highest BCUT2D eigenvalue weighted by Crippen LogP contribution is 2.33. The third-order valence-corrected chi connectivity index (χ3v) is 5.32. The minimum absolute atomic E-state index is 0.172. The van der Waals surface area contributed by atoms with Gasteiger partial charge < -0.3 is 4.74 Å². The molecule has 2 fully saturated rings. The molecular formula is C18H24FN5O. The third-order valence-electron chi connectivity index (χ3n) is 5.32. The number of likely N-dealkylation sites (tertiary alicyclic amines) is 1. The lowest BCUT2D eigenvalue weighted by atomic mass is 10.0. The van der Waals surface area contributed by atoms with Gasteiger partial charge in [-0.3, -0.25) is 4.90 Å². The molecule has 2 aromatic rings. The van der Waals surface area contributed by atoms with E-state index in [0.29, 0.717) is 12.5 Å². The van der Waals surface area contributed by atoms with Crippen LogP contribution in [0, 0.1) is 11.7 Å². The van der Waals surface area contributed by atoms with E-state index in [1.807, 2.05) is 10.7 Å². The van der Waals surface area contributed by atoms with E-state index in [1.165, 1.54) is 6.07 Å². The van der Waals surface area contributed by atoms with E-state index in [1.54, 1.807) is 12.1 Å². The van der Waals surface area contributed by atoms with Crippen molar-refractivity contribution < 1.29 is 9.13 Å². The van der Waals surface area contributed by atoms with E-state index in [4.69, 9.17) is 4.74 Å². The Kier molecular flexibility index (Phi) is 5.03. The molecule has 2 saturated heterocycles. The van der Waals surface area contributed by atoms with Crippen molar-refractivity contribution in [3.05, 3.63) is 41.5 Å². The highest BCUT2D eigenvalue weighted by molar-refractivity contribution is 5.21. The minimum atomic E-state index is -0.172. The van der Waals surface area contributed by atoms with Crippen LogP contribution in [0.15, 0.2) is 24.3 Å². The average molecular weight is 345 g/mol. The minimum Gasteiger partial charge on any atom is -0.381 e. The highest BCUT2D eigenvalue weighted by atomic mass is 19.1. The monoisotopic (exact) mass is 345 g/mol. The van der Waals surface area contributed by atoms with Gasteiger partial charge in [-0.2, -0.15) is 0 Å². The van der Waals surface area contributed by atoms with E-state index < -0.39 is 0 Å². The summed E-state index contributed by atoms with van der Waals surface area (Å²) in [5.41, 5.74) is 1.04. The van der Waals surface area contributed by atoms with Crippen LogP contribution in [-0.2, 0) is 17.8 Å². The SMILES string of the molecule is Fc1cccc(C2CCCN2Cc2nnnn2CC2CCOCC2)c1. The first kappa shape index (κ1) is 16.6. The van der Waals surface area contributed by atoms with Gasteiger partial charge in [-0.15, -0.1) is 5.10 Å². The zero-order valence-corrected chi connectivity index (χ0v) is 14.4. The highest BCUT2D eigenvalue weighted by Gasteiger charge is 2.28. The van der Waals surface area contributed by atoms with Gasteiger partial charge in [0, 0.05) is 25.8 Å². The van der Waals surface area contributed by atoms with E-state index in [-0.39, 0.29) is 11.9 Å². The summed E-state index contributed by atoms with van der Waals surface area (Å²) in [5.74, 6) is 1.30. The van der Waals surface area contributed by atoms with Crippen molar-refractivity contribution in [3.8, 4) is 0 Å². The molecule has 0 N–H and O–H groups in total. The van der Waals surface area contributed by atoms with Crippen molar-refractivity contribution in [1.29, 1.82) is 0 Å². The molecule has 1 atom stereocenters. The lowest BCUT2D eigenvalue weighted by Gasteiger charge is -2.25. The summed E-state index contributed by atoms with van der Waals surface area (Å²) in [6, 6.07) is 7.18. The maximum absolute atomic E-state index is 13.6. The van der Waals surface area contributed by atoms with Crippen molar-refractivity contribution in [2.24, 2.45) is 5.92 Å². The van der Waals surface area contributed by atoms with Gasteiger partial charge in [0.2, 0.25) is 0 Å². The van der Waals surface area contributed by atoms with Crippen LogP contribution in [0.3, 0.4) is 0 Å². The zero-order chi connectivity index (χ0) is 17.1. The van der Waals surface area contributed by atoms with E-state index in [0.717, 1.165) is 63.4 Å². The van der Waals surface area contributed by atoms with Crippen LogP contribution in [0.5, 0.6) is 0 Å². The Balaban J connectivity index is 1.45. The predicted molar refractivity (Wildman–Crippen MR) is 90.1 cm³/mol. The molecule has 7 heteroatoms. The van der Waals surface area contributed by atoms with Crippen LogP contribution in [0.4, 0.5) is 4.39 Å². The first-order valence-corrected chi connectivity index (χ1v) is 9.12. The fraction of sp³-hybridized carbons (Fsp3) is 0.611. The van der Waals surface area contributed by atoms with Crippen LogP contribution >= 0.6 is 0 Å². The van der Waals surface area contributed by atoms with Crippen LogP contribution in [0.2, 0.25) is 0 Å². The molecule has 1 unspecified atom stereocenters. The van der Waals surface area contributed by atoms with Crippen molar-refractivity contribution in [2.45, 2.75) is 44.8 Å². The molecule has 0 spiro atoms. The van der Waals surface area contributed by atoms with Gasteiger partial charge in [-0.05, 0) is 66.3 Å². The van der Waals surface area contributed by atoms with E-state index in [2.05, 4.69) is 20.4 Å². The van der Waals surface area contributed by atoms with Crippen LogP contribution in [-0.4, -0.2) is 44.9 Å². The van der Waals surface area contributed by atoms with Crippen molar-refractivity contribution >= 4 is 0 Å². The molecule has 25 heavy (non-hydrogen) atoms. The number of ether oxygens (including phenoxy) is 1. The molecule has 1 aromatic carbocycles. The summed E-state index contributed by atoms with van der Waals surface area (Å²) in [6.07, 6.45) is 4.29. The van der Waals surface area contributed by atoms with Gasteiger partial charge in [0.15, 0.2) is 5.82 Å². The number of nitrogens with zero attached hydrogens (tertiary/aromatic N) is 5. The molecule has 3 heterocycles. The first-order chi connectivity index (χ1) is 12.3. The molecule has 2 aliphatic rings. The molecule has 134 valence electrons. The summed E-state index contributed by atoms with van der Waals surface area (Å²) in [6.45, 7) is 4.21. The molecule has 1 aromatic heterocycles. The Morgan fingerprint density at radius 1 is 1.20 bits per heavy atom. The topological polar surface area (TPSA) is 56.1 Å². The largest absolute Gasteiger partial charge is 0.381 e. The number of benzene rings is 1. The van der Waals surface area contributed by atoms with Crippen LogP contribution in [0.25, 0.3) is 0 Å². The fourth-order valence-corrected chi connectivity index (χ4v) is 3.94. The number of aromatic nitrogens is 4. The lowest BCUT2D eigenvalue weighted by Crippen LogP contribution is -2.27. The molecule has 4 rings (SSSR count). The molecule has 2 aliphatic heterocycles. The molecule has 0 aliphatic carbocycles. The van der Waals surface area contributed by atoms with Gasteiger partial charge in [0.25, 0.3) is 0 Å². The molecule has 0 bridgehead atoms. The van der Waals surface area contributed by atoms with Crippen LogP contribution < -0.4 is 0 Å². The molecular weight excluding hydrogens is 321 g/mol. The summed E-state index contributed by atoms with van der Waals surface area (Å²) in [4.78, 5) is 2.36. The van der Waals surface area contributed by atoms with Crippen molar-refractivity contribution in [1.82, 2.24) is 25.1 Å². The van der Waals surface area contributed by atoms with Gasteiger partial charge >= 0.3 is 0 Å². The Hall–Kier alpha value is -1.86. The Labute approximate surface area is 147 Å². The second-order valence-electron chi connectivity index (χ2n) is 7.02. The molecule has 0 radical (unpaired) electrons. The third kappa shape index (κ3) is 3.88. The molecule has 6 nitrogen and oxygen atoms in total. The number of halogens is 1. The smallest absolute Gasteiger partial charge is 0.165 e. The number of rotatable bonds is 5. The van der Waals surface area contributed by atoms with Crippen molar-refractivity contribution in [2.75, 3.05) is 19.8 Å². The van der Waals surface area contributed by atoms with E-state index >= 15 is 0 Å². The fourth-order valence-electron chi connectivity index (χ4n) is 3.94. The van der Waals surface area contributed by atoms with Gasteiger partial charge in [-0.25, -0.2) is 9.07 Å². The van der Waals surface area contributed by atoms with Gasteiger partial charge in [-0.1, -0.05) is 12.1 Å². The average Bonchev–Trinajstić information content (AvgIpc) is 3.26. The second kappa shape index (κ2) is 7.58. The Morgan fingerprint density at radius 2 is 2.08 bits per heavy atom. The second-order valence-corrected chi connectivity index (χ2v) is 7.02. The lowest BCUT2D eigenvalue weighted by molar-refractivity contribution is 0.0593. The number of hydrogen-bond acceptors (Lipinski definition) is 5. The zero-order valence-electron chi connectivity index (χ0n) is 14.4. The Bertz CT molecular complexity index is 700. The summed E-state index contributed by atoms with van der Waals surface area (Å²) in [7, 11) is 0. The summed E-state index contributed by atoms with van der Waals surface area (Å²) < 4.78 is 21.0. The van der Waals surface area contributed by atoms with Gasteiger partial charge in [0.05, 0.1) is 6.54 Å². The van der Waals surface area contributed by atoms with Crippen molar-refractivity contribution in [3.63, 3.8) is 0 Å². The standard InChI is InChI=1S/C18H24FN5O/c19-16-4-1-3-15(11-16)17-5-2-8-23(17)13-18-20-21-22-24(18)12-14-6-9-25-10-7-14/h1,3-4,11,14,17H,2,5-10,12-13H2. The first-order valence-electron chi connectivity index (χ1n) is 9.12. The maximum atomic E-state index is 13.6. The normalized spacial score (nSPS) is 22.5. The molecule has 0 amide bonds. The molecule has 0 saturated carbocycles. The quantitative estimate of drug-likeness (QED) is 0.834. The van der Waals surface area contributed by atoms with E-state index in [9.17, 15) is 4.39 Å². The number of tetrazole rings is 1. The van der Waals surface area contributed by atoms with Gasteiger partial charge in [0.1, 0.15) is 5.82 Å². The maximum Gasteiger partial charge on any atom is 0.165 e. The Morgan fingerprint density at radius 3 is 2.92 bits per heavy atom.